The van der Waals surface area contributed by atoms with Crippen LogP contribution in [0.3, 0.4) is 0 Å². The maximum absolute atomic E-state index is 12.2. The molecule has 20 heavy (non-hydrogen) atoms. The van der Waals surface area contributed by atoms with E-state index in [0.29, 0.717) is 12.1 Å². The first-order valence-corrected chi connectivity index (χ1v) is 7.35. The van der Waals surface area contributed by atoms with E-state index in [1.165, 1.54) is 5.56 Å². The quantitative estimate of drug-likeness (QED) is 0.890. The zero-order valence-corrected chi connectivity index (χ0v) is 12.1. The zero-order chi connectivity index (χ0) is 14.1. The summed E-state index contributed by atoms with van der Waals surface area (Å²) in [7, 11) is 0. The zero-order valence-electron chi connectivity index (χ0n) is 12.1. The molecule has 1 N–H and O–H groups in total. The molecule has 0 aromatic heterocycles. The van der Waals surface area contributed by atoms with Crippen molar-refractivity contribution in [3.8, 4) is 0 Å². The normalized spacial score (nSPS) is 30.0. The number of nitrogens with one attached hydrogen (secondary N) is 1. The lowest BCUT2D eigenvalue weighted by atomic mass is 10.1. The summed E-state index contributed by atoms with van der Waals surface area (Å²) in [4.78, 5) is 14.7. The minimum absolute atomic E-state index is 0.0313. The number of hydrogen-bond acceptors (Lipinski definition) is 3. The van der Waals surface area contributed by atoms with Crippen LogP contribution in [0, 0.1) is 6.92 Å². The number of benzene rings is 1. The second-order valence-corrected chi connectivity index (χ2v) is 6.02. The van der Waals surface area contributed by atoms with Crippen molar-refractivity contribution in [2.45, 2.75) is 38.5 Å². The minimum atomic E-state index is 0.0313. The van der Waals surface area contributed by atoms with E-state index in [-0.39, 0.29) is 11.9 Å². The number of amides is 1. The predicted octanol–water partition coefficient (Wildman–Crippen LogP) is 1.59. The summed E-state index contributed by atoms with van der Waals surface area (Å²) in [6, 6.07) is 8.43. The SMILES string of the molecule is Cc1ccc(C(=O)N[C@@H]2C[C@H]3CO[C@H](C)CN3C2)cc1. The third-order valence-electron chi connectivity index (χ3n) is 4.24. The Morgan fingerprint density at radius 2 is 2.05 bits per heavy atom. The molecule has 4 nitrogen and oxygen atoms in total. The summed E-state index contributed by atoms with van der Waals surface area (Å²) < 4.78 is 5.69. The monoisotopic (exact) mass is 274 g/mol. The summed E-state index contributed by atoms with van der Waals surface area (Å²) in [6.45, 7) is 6.84. The van der Waals surface area contributed by atoms with Crippen LogP contribution in [0.25, 0.3) is 0 Å². The molecule has 0 spiro atoms. The van der Waals surface area contributed by atoms with E-state index in [2.05, 4.69) is 17.1 Å². The number of nitrogens with zero attached hydrogens (tertiary/aromatic N) is 1. The lowest BCUT2D eigenvalue weighted by Gasteiger charge is -2.33. The molecular weight excluding hydrogens is 252 g/mol. The van der Waals surface area contributed by atoms with Crippen LogP contribution in [-0.4, -0.2) is 48.7 Å². The van der Waals surface area contributed by atoms with Crippen molar-refractivity contribution in [3.05, 3.63) is 35.4 Å². The van der Waals surface area contributed by atoms with Gasteiger partial charge in [0.05, 0.1) is 12.7 Å². The van der Waals surface area contributed by atoms with Crippen molar-refractivity contribution in [3.63, 3.8) is 0 Å². The number of ether oxygens (including phenoxy) is 1. The highest BCUT2D eigenvalue weighted by atomic mass is 16.5. The first-order valence-electron chi connectivity index (χ1n) is 7.35. The van der Waals surface area contributed by atoms with Gasteiger partial charge in [-0.2, -0.15) is 0 Å². The first kappa shape index (κ1) is 13.6. The Morgan fingerprint density at radius 3 is 2.80 bits per heavy atom. The van der Waals surface area contributed by atoms with Crippen molar-refractivity contribution in [1.82, 2.24) is 10.2 Å². The molecule has 0 bridgehead atoms. The van der Waals surface area contributed by atoms with Crippen molar-refractivity contribution >= 4 is 5.91 Å². The Balaban J connectivity index is 1.59. The second-order valence-electron chi connectivity index (χ2n) is 6.02. The van der Waals surface area contributed by atoms with E-state index in [9.17, 15) is 4.79 Å². The minimum Gasteiger partial charge on any atom is -0.376 e. The van der Waals surface area contributed by atoms with Gasteiger partial charge in [0, 0.05) is 30.7 Å². The number of aryl methyl sites for hydroxylation is 1. The summed E-state index contributed by atoms with van der Waals surface area (Å²) in [5, 5.41) is 3.15. The summed E-state index contributed by atoms with van der Waals surface area (Å²) >= 11 is 0. The number of hydrogen-bond donors (Lipinski definition) is 1. The Bertz CT molecular complexity index is 486. The number of carbonyl (C=O) groups excluding carboxylic acids is 1. The van der Waals surface area contributed by atoms with Gasteiger partial charge in [0.2, 0.25) is 0 Å². The van der Waals surface area contributed by atoms with E-state index in [4.69, 9.17) is 4.74 Å². The van der Waals surface area contributed by atoms with Crippen molar-refractivity contribution in [1.29, 1.82) is 0 Å². The molecular formula is C16H22N2O2. The predicted molar refractivity (Wildman–Crippen MR) is 77.8 cm³/mol. The molecule has 3 rings (SSSR count). The molecule has 0 radical (unpaired) electrons. The fraction of sp³-hybridized carbons (Fsp3) is 0.562. The van der Waals surface area contributed by atoms with Gasteiger partial charge >= 0.3 is 0 Å². The molecule has 108 valence electrons. The molecule has 0 saturated carbocycles. The van der Waals surface area contributed by atoms with Gasteiger partial charge in [0.15, 0.2) is 0 Å². The number of carbonyl (C=O) groups is 1. The maximum atomic E-state index is 12.2. The largest absolute Gasteiger partial charge is 0.376 e. The summed E-state index contributed by atoms with van der Waals surface area (Å²) in [5.74, 6) is 0.0313. The molecule has 0 unspecified atom stereocenters. The van der Waals surface area contributed by atoms with Gasteiger partial charge in [-0.25, -0.2) is 0 Å². The van der Waals surface area contributed by atoms with Crippen LogP contribution in [-0.2, 0) is 4.74 Å². The number of fused-ring (bicyclic) bond motifs is 1. The molecule has 2 saturated heterocycles. The highest BCUT2D eigenvalue weighted by molar-refractivity contribution is 5.94. The van der Waals surface area contributed by atoms with Crippen molar-refractivity contribution in [2.24, 2.45) is 0 Å². The van der Waals surface area contributed by atoms with Gasteiger partial charge < -0.3 is 10.1 Å². The lowest BCUT2D eigenvalue weighted by molar-refractivity contribution is -0.0390. The molecule has 1 aromatic carbocycles. The third-order valence-corrected chi connectivity index (χ3v) is 4.24. The molecule has 1 amide bonds. The van der Waals surface area contributed by atoms with Crippen molar-refractivity contribution < 1.29 is 9.53 Å². The van der Waals surface area contributed by atoms with E-state index in [1.807, 2.05) is 31.2 Å². The fourth-order valence-electron chi connectivity index (χ4n) is 3.12. The Morgan fingerprint density at radius 1 is 1.30 bits per heavy atom. The molecule has 2 aliphatic heterocycles. The van der Waals surface area contributed by atoms with Crippen LogP contribution >= 0.6 is 0 Å². The van der Waals surface area contributed by atoms with Crippen molar-refractivity contribution in [2.75, 3.05) is 19.7 Å². The van der Waals surface area contributed by atoms with Crippen LogP contribution < -0.4 is 5.32 Å². The number of rotatable bonds is 2. The second kappa shape index (κ2) is 5.54. The molecule has 1 aromatic rings. The van der Waals surface area contributed by atoms with E-state index in [1.54, 1.807) is 0 Å². The Labute approximate surface area is 120 Å². The molecule has 0 aliphatic carbocycles. The van der Waals surface area contributed by atoms with Crippen LogP contribution in [0.15, 0.2) is 24.3 Å². The fourth-order valence-corrected chi connectivity index (χ4v) is 3.12. The average molecular weight is 274 g/mol. The van der Waals surface area contributed by atoms with E-state index >= 15 is 0 Å². The lowest BCUT2D eigenvalue weighted by Crippen LogP contribution is -2.45. The van der Waals surface area contributed by atoms with Crippen LogP contribution in [0.4, 0.5) is 0 Å². The van der Waals surface area contributed by atoms with Gasteiger partial charge in [-0.05, 0) is 32.4 Å². The van der Waals surface area contributed by atoms with E-state index < -0.39 is 0 Å². The first-order chi connectivity index (χ1) is 9.61. The molecule has 3 atom stereocenters. The smallest absolute Gasteiger partial charge is 0.251 e. The summed E-state index contributed by atoms with van der Waals surface area (Å²) in [6.07, 6.45) is 1.29. The van der Waals surface area contributed by atoms with Crippen LogP contribution in [0.5, 0.6) is 0 Å². The highest BCUT2D eigenvalue weighted by Gasteiger charge is 2.36. The highest BCUT2D eigenvalue weighted by Crippen LogP contribution is 2.23. The number of morpholine rings is 1. The van der Waals surface area contributed by atoms with Gasteiger partial charge in [-0.15, -0.1) is 0 Å². The van der Waals surface area contributed by atoms with Crippen LogP contribution in [0.1, 0.15) is 29.3 Å². The maximum Gasteiger partial charge on any atom is 0.251 e. The van der Waals surface area contributed by atoms with Gasteiger partial charge in [-0.1, -0.05) is 17.7 Å². The van der Waals surface area contributed by atoms with Crippen LogP contribution in [0.2, 0.25) is 0 Å². The Hall–Kier alpha value is -1.39. The topological polar surface area (TPSA) is 41.6 Å². The Kier molecular flexibility index (Phi) is 3.76. The molecule has 2 heterocycles. The van der Waals surface area contributed by atoms with Gasteiger partial charge in [0.1, 0.15) is 0 Å². The standard InChI is InChI=1S/C16H22N2O2/c1-11-3-5-13(6-4-11)16(19)17-14-7-15-10-20-12(2)8-18(15)9-14/h3-6,12,14-15H,7-10H2,1-2H3,(H,17,19)/t12-,14-,15+/m1/s1. The molecule has 2 aliphatic rings. The van der Waals surface area contributed by atoms with Gasteiger partial charge in [0.25, 0.3) is 5.91 Å². The summed E-state index contributed by atoms with van der Waals surface area (Å²) in [5.41, 5.74) is 1.91. The molecule has 2 fully saturated rings. The third kappa shape index (κ3) is 2.86. The van der Waals surface area contributed by atoms with Gasteiger partial charge in [-0.3, -0.25) is 9.69 Å². The molecule has 4 heteroatoms. The van der Waals surface area contributed by atoms with E-state index in [0.717, 1.165) is 31.7 Å². The average Bonchev–Trinajstić information content (AvgIpc) is 2.80.